The minimum atomic E-state index is -0.916. The van der Waals surface area contributed by atoms with Crippen LogP contribution in [0.25, 0.3) is 0 Å². The number of hydrogen-bond donors (Lipinski definition) is 1. The Morgan fingerprint density at radius 1 is 1.20 bits per heavy atom. The number of nitrogens with one attached hydrogen (secondary N) is 1. The van der Waals surface area contributed by atoms with Crippen LogP contribution in [-0.4, -0.2) is 6.21 Å². The molecule has 1 rings (SSSR count). The fraction of sp³-hybridized carbons (Fsp3) is 0. The third-order valence-electron chi connectivity index (χ3n) is 1.11. The molecule has 0 radical (unpaired) electrons. The molecule has 0 saturated carbocycles. The topological polar surface area (TPSA) is 23.9 Å². The van der Waals surface area contributed by atoms with E-state index in [0.29, 0.717) is 5.56 Å². The van der Waals surface area contributed by atoms with Crippen molar-refractivity contribution in [3.05, 3.63) is 35.4 Å². The normalized spacial score (nSPS) is 9.40. The quantitative estimate of drug-likeness (QED) is 0.578. The summed E-state index contributed by atoms with van der Waals surface area (Å²) in [4.78, 5) is 0. The Kier molecular flexibility index (Phi) is 1.76. The van der Waals surface area contributed by atoms with Crippen molar-refractivity contribution >= 4 is 6.21 Å². The first-order valence-corrected chi connectivity index (χ1v) is 2.69. The van der Waals surface area contributed by atoms with Gasteiger partial charge in [0.25, 0.3) is 0 Å². The van der Waals surface area contributed by atoms with E-state index in [1.165, 1.54) is 6.07 Å². The summed E-state index contributed by atoms with van der Waals surface area (Å²) >= 11 is 0. The van der Waals surface area contributed by atoms with Gasteiger partial charge in [0, 0.05) is 6.21 Å². The van der Waals surface area contributed by atoms with Gasteiger partial charge >= 0.3 is 0 Å². The van der Waals surface area contributed by atoms with Gasteiger partial charge in [0.2, 0.25) is 0 Å². The molecule has 0 fully saturated rings. The molecule has 0 atom stereocenters. The van der Waals surface area contributed by atoms with Gasteiger partial charge in [-0.2, -0.15) is 0 Å². The predicted molar refractivity (Wildman–Crippen MR) is 34.2 cm³/mol. The van der Waals surface area contributed by atoms with Gasteiger partial charge in [-0.25, -0.2) is 8.78 Å². The van der Waals surface area contributed by atoms with Crippen molar-refractivity contribution in [1.29, 1.82) is 5.41 Å². The molecule has 0 saturated heterocycles. The minimum absolute atomic E-state index is 0.360. The van der Waals surface area contributed by atoms with Gasteiger partial charge in [-0.3, -0.25) is 0 Å². The zero-order valence-electron chi connectivity index (χ0n) is 5.07. The maximum absolute atomic E-state index is 12.3. The summed E-state index contributed by atoms with van der Waals surface area (Å²) in [5.74, 6) is -1.80. The summed E-state index contributed by atoms with van der Waals surface area (Å²) in [6, 6.07) is 3.31. The number of rotatable bonds is 1. The molecule has 1 aromatic rings. The highest BCUT2D eigenvalue weighted by Crippen LogP contribution is 2.05. The van der Waals surface area contributed by atoms with E-state index in [1.807, 2.05) is 0 Å². The predicted octanol–water partition coefficient (Wildman–Crippen LogP) is 1.96. The zero-order chi connectivity index (χ0) is 7.56. The molecule has 0 heterocycles. The average molecular weight is 141 g/mol. The molecule has 1 N–H and O–H groups in total. The third-order valence-corrected chi connectivity index (χ3v) is 1.11. The maximum atomic E-state index is 12.3. The van der Waals surface area contributed by atoms with Crippen LogP contribution in [0.5, 0.6) is 0 Å². The highest BCUT2D eigenvalue weighted by atomic mass is 19.2. The second-order valence-corrected chi connectivity index (χ2v) is 1.82. The van der Waals surface area contributed by atoms with E-state index in [1.54, 1.807) is 0 Å². The van der Waals surface area contributed by atoms with Gasteiger partial charge in [-0.05, 0) is 17.7 Å². The Morgan fingerprint density at radius 2 is 1.90 bits per heavy atom. The van der Waals surface area contributed by atoms with E-state index in [2.05, 4.69) is 0 Å². The molecular weight excluding hydrogens is 136 g/mol. The Bertz CT molecular complexity index is 258. The lowest BCUT2D eigenvalue weighted by Gasteiger charge is -1.92. The molecule has 0 amide bonds. The molecule has 0 aromatic heterocycles. The second-order valence-electron chi connectivity index (χ2n) is 1.82. The molecule has 0 bridgehead atoms. The standard InChI is InChI=1S/C7H5F2N/c8-6-2-1-5(4-10)3-7(6)9/h1-4,10H. The largest absolute Gasteiger partial charge is 0.308 e. The number of halogens is 2. The lowest BCUT2D eigenvalue weighted by molar-refractivity contribution is 0.508. The lowest BCUT2D eigenvalue weighted by Crippen LogP contribution is -1.86. The van der Waals surface area contributed by atoms with Crippen LogP contribution < -0.4 is 0 Å². The van der Waals surface area contributed by atoms with Crippen molar-refractivity contribution in [2.75, 3.05) is 0 Å². The second kappa shape index (κ2) is 2.56. The average Bonchev–Trinajstić information content (AvgIpc) is 1.95. The fourth-order valence-corrected chi connectivity index (χ4v) is 0.602. The third kappa shape index (κ3) is 1.18. The fourth-order valence-electron chi connectivity index (χ4n) is 0.602. The van der Waals surface area contributed by atoms with E-state index in [-0.39, 0.29) is 0 Å². The van der Waals surface area contributed by atoms with E-state index in [9.17, 15) is 8.78 Å². The first-order chi connectivity index (χ1) is 4.74. The van der Waals surface area contributed by atoms with Crippen LogP contribution in [-0.2, 0) is 0 Å². The highest BCUT2D eigenvalue weighted by Gasteiger charge is 1.98. The number of benzene rings is 1. The maximum Gasteiger partial charge on any atom is 0.159 e. The van der Waals surface area contributed by atoms with Crippen molar-refractivity contribution in [2.24, 2.45) is 0 Å². The van der Waals surface area contributed by atoms with Gasteiger partial charge in [-0.1, -0.05) is 6.07 Å². The minimum Gasteiger partial charge on any atom is -0.308 e. The van der Waals surface area contributed by atoms with Crippen LogP contribution in [0.3, 0.4) is 0 Å². The molecule has 1 aromatic carbocycles. The molecule has 0 aliphatic rings. The van der Waals surface area contributed by atoms with E-state index < -0.39 is 11.6 Å². The Hall–Kier alpha value is -1.25. The Labute approximate surface area is 56.8 Å². The van der Waals surface area contributed by atoms with Crippen molar-refractivity contribution in [3.8, 4) is 0 Å². The molecule has 0 unspecified atom stereocenters. The summed E-state index contributed by atoms with van der Waals surface area (Å²) < 4.78 is 24.5. The summed E-state index contributed by atoms with van der Waals surface area (Å²) in [6.45, 7) is 0. The Balaban J connectivity index is 3.16. The van der Waals surface area contributed by atoms with Crippen LogP contribution in [0.1, 0.15) is 5.56 Å². The molecule has 1 nitrogen and oxygen atoms in total. The highest BCUT2D eigenvalue weighted by molar-refractivity contribution is 5.76. The van der Waals surface area contributed by atoms with Gasteiger partial charge < -0.3 is 5.41 Å². The van der Waals surface area contributed by atoms with Crippen molar-refractivity contribution in [3.63, 3.8) is 0 Å². The summed E-state index contributed by atoms with van der Waals surface area (Å²) in [6.07, 6.45) is 0.961. The summed E-state index contributed by atoms with van der Waals surface area (Å²) in [5.41, 5.74) is 0.360. The SMILES string of the molecule is N=Cc1ccc(F)c(F)c1. The van der Waals surface area contributed by atoms with Crippen LogP contribution in [0.4, 0.5) is 8.78 Å². The van der Waals surface area contributed by atoms with Crippen molar-refractivity contribution < 1.29 is 8.78 Å². The van der Waals surface area contributed by atoms with Crippen LogP contribution >= 0.6 is 0 Å². The molecule has 10 heavy (non-hydrogen) atoms. The molecule has 52 valence electrons. The lowest BCUT2D eigenvalue weighted by atomic mass is 10.2. The first-order valence-electron chi connectivity index (χ1n) is 2.69. The summed E-state index contributed by atoms with van der Waals surface area (Å²) in [5, 5.41) is 6.70. The van der Waals surface area contributed by atoms with E-state index in [0.717, 1.165) is 18.3 Å². The smallest absolute Gasteiger partial charge is 0.159 e. The van der Waals surface area contributed by atoms with Crippen LogP contribution in [0.2, 0.25) is 0 Å². The molecule has 0 aliphatic carbocycles. The summed E-state index contributed by atoms with van der Waals surface area (Å²) in [7, 11) is 0. The van der Waals surface area contributed by atoms with Gasteiger partial charge in [0.1, 0.15) is 0 Å². The molecule has 3 heteroatoms. The van der Waals surface area contributed by atoms with Crippen molar-refractivity contribution in [2.45, 2.75) is 0 Å². The van der Waals surface area contributed by atoms with Gasteiger partial charge in [0.05, 0.1) is 0 Å². The van der Waals surface area contributed by atoms with Gasteiger partial charge in [0.15, 0.2) is 11.6 Å². The van der Waals surface area contributed by atoms with Crippen LogP contribution in [0, 0.1) is 17.0 Å². The zero-order valence-corrected chi connectivity index (χ0v) is 5.07. The van der Waals surface area contributed by atoms with Gasteiger partial charge in [-0.15, -0.1) is 0 Å². The van der Waals surface area contributed by atoms with Crippen LogP contribution in [0.15, 0.2) is 18.2 Å². The Morgan fingerprint density at radius 3 is 2.40 bits per heavy atom. The van der Waals surface area contributed by atoms with E-state index in [4.69, 9.17) is 5.41 Å². The molecule has 0 aliphatic heterocycles. The monoisotopic (exact) mass is 141 g/mol. The molecular formula is C7H5F2N. The first kappa shape index (κ1) is 6.86. The number of hydrogen-bond acceptors (Lipinski definition) is 1. The van der Waals surface area contributed by atoms with E-state index >= 15 is 0 Å². The van der Waals surface area contributed by atoms with Crippen molar-refractivity contribution in [1.82, 2.24) is 0 Å². The molecule has 0 spiro atoms.